The van der Waals surface area contributed by atoms with Gasteiger partial charge in [-0.05, 0) is 36.5 Å². The van der Waals surface area contributed by atoms with Crippen molar-refractivity contribution in [3.63, 3.8) is 0 Å². The minimum absolute atomic E-state index is 0.0162. The molecular formula is C18H29N3O3. The molecule has 1 aliphatic carbocycles. The number of nitrogens with zero attached hydrogens (tertiary/aromatic N) is 1. The second-order valence-corrected chi connectivity index (χ2v) is 6.39. The molecule has 0 spiro atoms. The number of aliphatic imine (C=N–C) groups is 1. The van der Waals surface area contributed by atoms with E-state index < -0.39 is 0 Å². The van der Waals surface area contributed by atoms with E-state index in [9.17, 15) is 5.11 Å². The summed E-state index contributed by atoms with van der Waals surface area (Å²) >= 11 is 0. The summed E-state index contributed by atoms with van der Waals surface area (Å²) < 4.78 is 10.4. The molecule has 0 aromatic heterocycles. The van der Waals surface area contributed by atoms with Gasteiger partial charge in [0.05, 0.1) is 14.2 Å². The number of ether oxygens (including phenoxy) is 2. The van der Waals surface area contributed by atoms with Crippen LogP contribution in [0.2, 0.25) is 0 Å². The number of rotatable bonds is 5. The van der Waals surface area contributed by atoms with Crippen LogP contribution in [0, 0.1) is 5.92 Å². The summed E-state index contributed by atoms with van der Waals surface area (Å²) in [7, 11) is 4.83. The van der Waals surface area contributed by atoms with Crippen molar-refractivity contribution in [2.45, 2.75) is 45.2 Å². The highest BCUT2D eigenvalue weighted by Gasteiger charge is 2.19. The van der Waals surface area contributed by atoms with Crippen LogP contribution in [-0.2, 0) is 6.54 Å². The summed E-state index contributed by atoms with van der Waals surface area (Å²) in [6, 6.07) is 4.06. The molecule has 0 bridgehead atoms. The van der Waals surface area contributed by atoms with Crippen molar-refractivity contribution in [2.75, 3.05) is 21.3 Å². The number of guanidine groups is 1. The van der Waals surface area contributed by atoms with Crippen molar-refractivity contribution >= 4 is 5.96 Å². The third-order valence-corrected chi connectivity index (χ3v) is 4.50. The highest BCUT2D eigenvalue weighted by atomic mass is 16.5. The second-order valence-electron chi connectivity index (χ2n) is 6.39. The highest BCUT2D eigenvalue weighted by Crippen LogP contribution is 2.37. The fourth-order valence-corrected chi connectivity index (χ4v) is 3.19. The van der Waals surface area contributed by atoms with Gasteiger partial charge in [-0.2, -0.15) is 0 Å². The van der Waals surface area contributed by atoms with Gasteiger partial charge < -0.3 is 25.2 Å². The van der Waals surface area contributed by atoms with Crippen molar-refractivity contribution in [1.29, 1.82) is 0 Å². The van der Waals surface area contributed by atoms with Gasteiger partial charge in [-0.25, -0.2) is 0 Å². The zero-order valence-corrected chi connectivity index (χ0v) is 15.1. The maximum atomic E-state index is 9.97. The molecule has 0 saturated heterocycles. The quantitative estimate of drug-likeness (QED) is 0.570. The van der Waals surface area contributed by atoms with Crippen molar-refractivity contribution in [3.8, 4) is 17.2 Å². The van der Waals surface area contributed by atoms with Crippen LogP contribution in [0.1, 0.15) is 38.2 Å². The molecule has 1 saturated carbocycles. The first-order chi connectivity index (χ1) is 11.6. The standard InChI is InChI=1S/C18H29N3O3/c1-12-6-5-7-14(8-12)21-18(19-2)20-11-13-9-15(23-3)17(22)16(10-13)24-4/h9-10,12,14,22H,5-8,11H2,1-4H3,(H2,19,20,21). The second kappa shape index (κ2) is 8.66. The van der Waals surface area contributed by atoms with Crippen LogP contribution in [0.15, 0.2) is 17.1 Å². The molecule has 1 fully saturated rings. The third-order valence-electron chi connectivity index (χ3n) is 4.50. The van der Waals surface area contributed by atoms with Gasteiger partial charge in [0.25, 0.3) is 0 Å². The van der Waals surface area contributed by atoms with E-state index in [1.807, 2.05) is 0 Å². The molecule has 6 heteroatoms. The molecule has 0 heterocycles. The van der Waals surface area contributed by atoms with E-state index in [4.69, 9.17) is 9.47 Å². The van der Waals surface area contributed by atoms with Crippen LogP contribution in [0.5, 0.6) is 17.2 Å². The van der Waals surface area contributed by atoms with Crippen LogP contribution in [0.25, 0.3) is 0 Å². The van der Waals surface area contributed by atoms with E-state index in [1.54, 1.807) is 19.2 Å². The fourth-order valence-electron chi connectivity index (χ4n) is 3.19. The molecule has 0 amide bonds. The van der Waals surface area contributed by atoms with Gasteiger partial charge in [-0.3, -0.25) is 4.99 Å². The lowest BCUT2D eigenvalue weighted by Gasteiger charge is -2.28. The lowest BCUT2D eigenvalue weighted by molar-refractivity contribution is 0.324. The molecule has 1 aromatic rings. The normalized spacial score (nSPS) is 21.2. The molecule has 2 atom stereocenters. The van der Waals surface area contributed by atoms with E-state index in [-0.39, 0.29) is 5.75 Å². The molecule has 2 unspecified atom stereocenters. The molecule has 2 rings (SSSR count). The molecule has 6 nitrogen and oxygen atoms in total. The van der Waals surface area contributed by atoms with E-state index in [0.29, 0.717) is 24.1 Å². The monoisotopic (exact) mass is 335 g/mol. The maximum Gasteiger partial charge on any atom is 0.200 e. The number of hydrogen-bond acceptors (Lipinski definition) is 4. The number of methoxy groups -OCH3 is 2. The largest absolute Gasteiger partial charge is 0.502 e. The van der Waals surface area contributed by atoms with Crippen LogP contribution >= 0.6 is 0 Å². The number of hydrogen-bond donors (Lipinski definition) is 3. The highest BCUT2D eigenvalue weighted by molar-refractivity contribution is 5.80. The van der Waals surface area contributed by atoms with Gasteiger partial charge in [0.2, 0.25) is 5.75 Å². The molecule has 134 valence electrons. The zero-order chi connectivity index (χ0) is 17.5. The number of benzene rings is 1. The molecular weight excluding hydrogens is 306 g/mol. The van der Waals surface area contributed by atoms with Crippen molar-refractivity contribution in [2.24, 2.45) is 10.9 Å². The minimum atomic E-state index is 0.0162. The van der Waals surface area contributed by atoms with E-state index in [1.165, 1.54) is 39.9 Å². The molecule has 0 radical (unpaired) electrons. The van der Waals surface area contributed by atoms with Gasteiger partial charge in [-0.1, -0.05) is 19.8 Å². The summed E-state index contributed by atoms with van der Waals surface area (Å²) in [6.45, 7) is 2.87. The van der Waals surface area contributed by atoms with Crippen LogP contribution in [0.4, 0.5) is 0 Å². The number of phenolic OH excluding ortho intramolecular Hbond substituents is 1. The maximum absolute atomic E-state index is 9.97. The number of aromatic hydroxyl groups is 1. The first kappa shape index (κ1) is 18.2. The van der Waals surface area contributed by atoms with Gasteiger partial charge >= 0.3 is 0 Å². The summed E-state index contributed by atoms with van der Waals surface area (Å²) in [5.74, 6) is 2.37. The van der Waals surface area contributed by atoms with Gasteiger partial charge in [-0.15, -0.1) is 0 Å². The topological polar surface area (TPSA) is 75.1 Å². The fraction of sp³-hybridized carbons (Fsp3) is 0.611. The smallest absolute Gasteiger partial charge is 0.200 e. The summed E-state index contributed by atoms with van der Waals surface area (Å²) in [5.41, 5.74) is 0.946. The van der Waals surface area contributed by atoms with Crippen LogP contribution in [-0.4, -0.2) is 38.4 Å². The lowest BCUT2D eigenvalue weighted by Crippen LogP contribution is -2.44. The SMILES string of the molecule is CN=C(NCc1cc(OC)c(O)c(OC)c1)NC1CCCC(C)C1. The first-order valence-corrected chi connectivity index (χ1v) is 8.48. The first-order valence-electron chi connectivity index (χ1n) is 8.48. The Bertz CT molecular complexity index is 550. The Morgan fingerprint density at radius 2 is 1.92 bits per heavy atom. The van der Waals surface area contributed by atoms with Crippen molar-refractivity contribution in [1.82, 2.24) is 10.6 Å². The number of phenols is 1. The number of nitrogens with one attached hydrogen (secondary N) is 2. The van der Waals surface area contributed by atoms with Crippen LogP contribution in [0.3, 0.4) is 0 Å². The molecule has 1 aliphatic rings. The Balaban J connectivity index is 1.98. The predicted octanol–water partition coefficient (Wildman–Crippen LogP) is 2.65. The Morgan fingerprint density at radius 1 is 1.25 bits per heavy atom. The predicted molar refractivity (Wildman–Crippen MR) is 96.0 cm³/mol. The molecule has 24 heavy (non-hydrogen) atoms. The zero-order valence-electron chi connectivity index (χ0n) is 15.1. The van der Waals surface area contributed by atoms with Crippen molar-refractivity contribution < 1.29 is 14.6 Å². The Kier molecular flexibility index (Phi) is 6.58. The summed E-state index contributed by atoms with van der Waals surface area (Å²) in [4.78, 5) is 4.31. The molecule has 3 N–H and O–H groups in total. The third kappa shape index (κ3) is 4.69. The minimum Gasteiger partial charge on any atom is -0.502 e. The summed E-state index contributed by atoms with van der Waals surface area (Å²) in [6.07, 6.45) is 4.95. The lowest BCUT2D eigenvalue weighted by atomic mass is 9.87. The van der Waals surface area contributed by atoms with E-state index in [2.05, 4.69) is 22.5 Å². The Morgan fingerprint density at radius 3 is 2.46 bits per heavy atom. The summed E-state index contributed by atoms with van der Waals surface area (Å²) in [5, 5.41) is 16.8. The van der Waals surface area contributed by atoms with E-state index in [0.717, 1.165) is 17.4 Å². The average Bonchev–Trinajstić information content (AvgIpc) is 2.59. The Hall–Kier alpha value is -2.11. The van der Waals surface area contributed by atoms with Gasteiger partial charge in [0.1, 0.15) is 0 Å². The van der Waals surface area contributed by atoms with Crippen molar-refractivity contribution in [3.05, 3.63) is 17.7 Å². The molecule has 0 aliphatic heterocycles. The van der Waals surface area contributed by atoms with Gasteiger partial charge in [0, 0.05) is 19.6 Å². The Labute approximate surface area is 144 Å². The van der Waals surface area contributed by atoms with E-state index >= 15 is 0 Å². The average molecular weight is 335 g/mol. The van der Waals surface area contributed by atoms with Crippen LogP contribution < -0.4 is 20.1 Å². The molecule has 1 aromatic carbocycles. The van der Waals surface area contributed by atoms with Gasteiger partial charge in [0.15, 0.2) is 17.5 Å².